The standard InChI is InChI=1S/C22H25N3O2/c23-14-7-15-25(17-18-8-3-1-4-9-18)22(26)13-12-21-24-16-20(27-21)19-10-5-2-6-11-19/h1-6,8-11,16H,7,12-15,17,23H2. The molecule has 140 valence electrons. The Morgan fingerprint density at radius 3 is 2.44 bits per heavy atom. The molecule has 0 unspecified atom stereocenters. The molecule has 2 N–H and O–H groups in total. The van der Waals surface area contributed by atoms with Crippen LogP contribution in [-0.2, 0) is 17.8 Å². The van der Waals surface area contributed by atoms with E-state index in [1.54, 1.807) is 6.20 Å². The molecule has 5 heteroatoms. The summed E-state index contributed by atoms with van der Waals surface area (Å²) < 4.78 is 5.80. The number of nitrogens with two attached hydrogens (primary N) is 1. The lowest BCUT2D eigenvalue weighted by molar-refractivity contribution is -0.131. The van der Waals surface area contributed by atoms with Crippen LogP contribution in [0, 0.1) is 0 Å². The van der Waals surface area contributed by atoms with E-state index < -0.39 is 0 Å². The fourth-order valence-corrected chi connectivity index (χ4v) is 2.91. The third kappa shape index (κ3) is 5.53. The lowest BCUT2D eigenvalue weighted by atomic mass is 10.2. The van der Waals surface area contributed by atoms with Gasteiger partial charge in [-0.2, -0.15) is 0 Å². The molecule has 5 nitrogen and oxygen atoms in total. The average Bonchev–Trinajstić information content (AvgIpc) is 3.20. The zero-order valence-electron chi connectivity index (χ0n) is 15.4. The Morgan fingerprint density at radius 1 is 1.04 bits per heavy atom. The fraction of sp³-hybridized carbons (Fsp3) is 0.273. The maximum absolute atomic E-state index is 12.7. The van der Waals surface area contributed by atoms with Crippen molar-refractivity contribution in [3.05, 3.63) is 78.3 Å². The van der Waals surface area contributed by atoms with Gasteiger partial charge in [-0.25, -0.2) is 4.98 Å². The second-order valence-corrected chi connectivity index (χ2v) is 6.43. The van der Waals surface area contributed by atoms with E-state index in [4.69, 9.17) is 10.2 Å². The summed E-state index contributed by atoms with van der Waals surface area (Å²) in [6.45, 7) is 1.82. The highest BCUT2D eigenvalue weighted by molar-refractivity contribution is 5.76. The van der Waals surface area contributed by atoms with Gasteiger partial charge in [0.1, 0.15) is 0 Å². The zero-order valence-corrected chi connectivity index (χ0v) is 15.4. The number of amides is 1. The van der Waals surface area contributed by atoms with E-state index in [9.17, 15) is 4.79 Å². The third-order valence-electron chi connectivity index (χ3n) is 4.37. The molecular weight excluding hydrogens is 338 g/mol. The van der Waals surface area contributed by atoms with E-state index in [2.05, 4.69) is 4.98 Å². The molecule has 0 fully saturated rings. The number of carbonyl (C=O) groups excluding carboxylic acids is 1. The van der Waals surface area contributed by atoms with Gasteiger partial charge in [-0.3, -0.25) is 4.79 Å². The summed E-state index contributed by atoms with van der Waals surface area (Å²) in [5, 5.41) is 0. The van der Waals surface area contributed by atoms with E-state index >= 15 is 0 Å². The highest BCUT2D eigenvalue weighted by Gasteiger charge is 2.15. The van der Waals surface area contributed by atoms with Crippen molar-refractivity contribution in [2.24, 2.45) is 5.73 Å². The van der Waals surface area contributed by atoms with Crippen LogP contribution in [0.25, 0.3) is 11.3 Å². The van der Waals surface area contributed by atoms with Gasteiger partial charge in [0.2, 0.25) is 5.91 Å². The number of nitrogens with zero attached hydrogens (tertiary/aromatic N) is 2. The van der Waals surface area contributed by atoms with Crippen LogP contribution in [0.5, 0.6) is 0 Å². The smallest absolute Gasteiger partial charge is 0.223 e. The maximum atomic E-state index is 12.7. The van der Waals surface area contributed by atoms with Crippen LogP contribution in [0.2, 0.25) is 0 Å². The second kappa shape index (κ2) is 9.69. The van der Waals surface area contributed by atoms with Crippen LogP contribution in [0.15, 0.2) is 71.3 Å². The minimum Gasteiger partial charge on any atom is -0.441 e. The Morgan fingerprint density at radius 2 is 1.74 bits per heavy atom. The molecule has 3 aromatic rings. The van der Waals surface area contributed by atoms with Gasteiger partial charge < -0.3 is 15.1 Å². The summed E-state index contributed by atoms with van der Waals surface area (Å²) in [5.41, 5.74) is 7.73. The molecule has 0 atom stereocenters. The number of rotatable bonds is 9. The summed E-state index contributed by atoms with van der Waals surface area (Å²) in [5.74, 6) is 1.40. The minimum atomic E-state index is 0.0896. The van der Waals surface area contributed by atoms with Crippen molar-refractivity contribution >= 4 is 5.91 Å². The van der Waals surface area contributed by atoms with Gasteiger partial charge in [0, 0.05) is 31.5 Å². The van der Waals surface area contributed by atoms with Crippen molar-refractivity contribution < 1.29 is 9.21 Å². The molecule has 0 saturated carbocycles. The Balaban J connectivity index is 1.59. The van der Waals surface area contributed by atoms with Crippen molar-refractivity contribution in [1.82, 2.24) is 9.88 Å². The lowest BCUT2D eigenvalue weighted by Crippen LogP contribution is -2.32. The quantitative estimate of drug-likeness (QED) is 0.630. The first-order valence-corrected chi connectivity index (χ1v) is 9.28. The first-order valence-electron chi connectivity index (χ1n) is 9.28. The summed E-state index contributed by atoms with van der Waals surface area (Å²) in [6, 6.07) is 19.8. The third-order valence-corrected chi connectivity index (χ3v) is 4.37. The van der Waals surface area contributed by atoms with Crippen molar-refractivity contribution in [2.75, 3.05) is 13.1 Å². The summed E-state index contributed by atoms with van der Waals surface area (Å²) in [4.78, 5) is 18.9. The molecule has 0 aliphatic rings. The van der Waals surface area contributed by atoms with Gasteiger partial charge in [0.15, 0.2) is 11.7 Å². The van der Waals surface area contributed by atoms with Crippen LogP contribution in [0.4, 0.5) is 0 Å². The summed E-state index contributed by atoms with van der Waals surface area (Å²) in [6.07, 6.45) is 3.35. The SMILES string of the molecule is NCCCN(Cc1ccccc1)C(=O)CCc1ncc(-c2ccccc2)o1. The lowest BCUT2D eigenvalue weighted by Gasteiger charge is -2.22. The monoisotopic (exact) mass is 363 g/mol. The molecule has 0 aliphatic heterocycles. The average molecular weight is 363 g/mol. The fourth-order valence-electron chi connectivity index (χ4n) is 2.91. The normalized spacial score (nSPS) is 10.7. The summed E-state index contributed by atoms with van der Waals surface area (Å²) >= 11 is 0. The number of aryl methyl sites for hydroxylation is 1. The minimum absolute atomic E-state index is 0.0896. The van der Waals surface area contributed by atoms with Crippen LogP contribution in [-0.4, -0.2) is 28.9 Å². The van der Waals surface area contributed by atoms with E-state index in [1.165, 1.54) is 0 Å². The Hall–Kier alpha value is -2.92. The molecule has 2 aromatic carbocycles. The largest absolute Gasteiger partial charge is 0.441 e. The van der Waals surface area contributed by atoms with Gasteiger partial charge in [0.25, 0.3) is 0 Å². The first kappa shape index (κ1) is 18.9. The predicted molar refractivity (Wildman–Crippen MR) is 106 cm³/mol. The van der Waals surface area contributed by atoms with E-state index in [0.29, 0.717) is 38.4 Å². The Kier molecular flexibility index (Phi) is 6.77. The van der Waals surface area contributed by atoms with Crippen LogP contribution >= 0.6 is 0 Å². The number of oxazole rings is 1. The highest BCUT2D eigenvalue weighted by atomic mass is 16.4. The van der Waals surface area contributed by atoms with E-state index in [-0.39, 0.29) is 5.91 Å². The summed E-state index contributed by atoms with van der Waals surface area (Å²) in [7, 11) is 0. The van der Waals surface area contributed by atoms with Gasteiger partial charge in [-0.15, -0.1) is 0 Å². The van der Waals surface area contributed by atoms with Gasteiger partial charge in [-0.05, 0) is 18.5 Å². The van der Waals surface area contributed by atoms with Crippen molar-refractivity contribution in [3.63, 3.8) is 0 Å². The Labute approximate surface area is 159 Å². The van der Waals surface area contributed by atoms with Crippen LogP contribution in [0.1, 0.15) is 24.3 Å². The van der Waals surface area contributed by atoms with Crippen LogP contribution < -0.4 is 5.73 Å². The topological polar surface area (TPSA) is 72.4 Å². The predicted octanol–water partition coefficient (Wildman–Crippen LogP) is 3.65. The van der Waals surface area contributed by atoms with Crippen molar-refractivity contribution in [1.29, 1.82) is 0 Å². The molecule has 0 saturated heterocycles. The Bertz CT molecular complexity index is 831. The van der Waals surface area contributed by atoms with Crippen molar-refractivity contribution in [3.8, 4) is 11.3 Å². The molecule has 1 amide bonds. The van der Waals surface area contributed by atoms with E-state index in [1.807, 2.05) is 65.6 Å². The molecule has 3 rings (SSSR count). The van der Waals surface area contributed by atoms with Crippen molar-refractivity contribution in [2.45, 2.75) is 25.8 Å². The number of aromatic nitrogens is 1. The zero-order chi connectivity index (χ0) is 18.9. The maximum Gasteiger partial charge on any atom is 0.223 e. The molecule has 1 heterocycles. The van der Waals surface area contributed by atoms with Gasteiger partial charge in [-0.1, -0.05) is 60.7 Å². The molecule has 0 spiro atoms. The van der Waals surface area contributed by atoms with Gasteiger partial charge >= 0.3 is 0 Å². The number of hydrogen-bond donors (Lipinski definition) is 1. The molecule has 0 aliphatic carbocycles. The molecule has 0 bridgehead atoms. The number of carbonyl (C=O) groups is 1. The van der Waals surface area contributed by atoms with E-state index in [0.717, 1.165) is 23.3 Å². The highest BCUT2D eigenvalue weighted by Crippen LogP contribution is 2.20. The molecular formula is C22H25N3O2. The molecule has 1 aromatic heterocycles. The number of benzene rings is 2. The number of hydrogen-bond acceptors (Lipinski definition) is 4. The molecule has 27 heavy (non-hydrogen) atoms. The van der Waals surface area contributed by atoms with Crippen LogP contribution in [0.3, 0.4) is 0 Å². The van der Waals surface area contributed by atoms with Gasteiger partial charge in [0.05, 0.1) is 6.20 Å². The molecule has 0 radical (unpaired) electrons. The first-order chi connectivity index (χ1) is 13.3. The second-order valence-electron chi connectivity index (χ2n) is 6.43.